The van der Waals surface area contributed by atoms with E-state index in [1.165, 1.54) is 11.1 Å². The van der Waals surface area contributed by atoms with Gasteiger partial charge in [-0.05, 0) is 34.0 Å². The van der Waals surface area contributed by atoms with Crippen molar-refractivity contribution >= 4 is 15.9 Å². The summed E-state index contributed by atoms with van der Waals surface area (Å²) in [6.07, 6.45) is 1.89. The van der Waals surface area contributed by atoms with Crippen molar-refractivity contribution in [3.63, 3.8) is 0 Å². The van der Waals surface area contributed by atoms with E-state index in [2.05, 4.69) is 39.2 Å². The van der Waals surface area contributed by atoms with Crippen molar-refractivity contribution < 1.29 is 0 Å². The van der Waals surface area contributed by atoms with E-state index in [0.717, 1.165) is 17.7 Å². The molecule has 12 heavy (non-hydrogen) atoms. The molecule has 2 rings (SSSR count). The molecule has 1 aliphatic rings. The van der Waals surface area contributed by atoms with Crippen LogP contribution in [0.15, 0.2) is 16.9 Å². The second-order valence-corrected chi connectivity index (χ2v) is 4.00. The first-order valence-corrected chi connectivity index (χ1v) is 4.89. The minimum absolute atomic E-state index is 0.659. The van der Waals surface area contributed by atoms with E-state index in [1.54, 1.807) is 0 Å². The lowest BCUT2D eigenvalue weighted by Crippen LogP contribution is -2.40. The molecule has 0 radical (unpaired) electrons. The third kappa shape index (κ3) is 1.39. The Bertz CT molecular complexity index is 295. The van der Waals surface area contributed by atoms with Gasteiger partial charge in [0.25, 0.3) is 0 Å². The third-order valence-electron chi connectivity index (χ3n) is 2.22. The number of aryl methyl sites for hydroxylation is 1. The monoisotopic (exact) mass is 226 g/mol. The lowest BCUT2D eigenvalue weighted by atomic mass is 9.94. The maximum atomic E-state index is 4.27. The molecule has 1 N–H and O–H groups in total. The Morgan fingerprint density at radius 1 is 1.58 bits per heavy atom. The highest BCUT2D eigenvalue weighted by Gasteiger charge is 2.21. The molecule has 1 aromatic heterocycles. The smallest absolute Gasteiger partial charge is 0.109 e. The molecule has 0 aliphatic carbocycles. The summed E-state index contributed by atoms with van der Waals surface area (Å²) in [5.74, 6) is 0.659. The normalized spacial score (nSPS) is 17.5. The number of pyridine rings is 1. The average molecular weight is 227 g/mol. The van der Waals surface area contributed by atoms with Crippen LogP contribution in [0.3, 0.4) is 0 Å². The van der Waals surface area contributed by atoms with Crippen LogP contribution >= 0.6 is 15.9 Å². The molecule has 64 valence electrons. The van der Waals surface area contributed by atoms with Gasteiger partial charge in [-0.1, -0.05) is 6.07 Å². The number of aromatic nitrogens is 1. The fraction of sp³-hybridized carbons (Fsp3) is 0.444. The molecule has 2 nitrogen and oxygen atoms in total. The second kappa shape index (κ2) is 3.15. The van der Waals surface area contributed by atoms with Gasteiger partial charge in [-0.25, -0.2) is 4.98 Å². The molecule has 1 fully saturated rings. The third-order valence-corrected chi connectivity index (χ3v) is 2.89. The molecule has 0 bridgehead atoms. The van der Waals surface area contributed by atoms with Gasteiger partial charge in [0, 0.05) is 25.2 Å². The van der Waals surface area contributed by atoms with E-state index >= 15 is 0 Å². The summed E-state index contributed by atoms with van der Waals surface area (Å²) in [6.45, 7) is 4.25. The van der Waals surface area contributed by atoms with Crippen LogP contribution in [0, 0.1) is 6.92 Å². The molecular formula is C9H11BrN2. The standard InChI is InChI=1S/C9H11BrN2/c1-6-2-8(7-4-11-5-7)9(10)12-3-6/h2-3,7,11H,4-5H2,1H3. The van der Waals surface area contributed by atoms with Crippen LogP contribution < -0.4 is 5.32 Å². The van der Waals surface area contributed by atoms with Crippen molar-refractivity contribution in [1.82, 2.24) is 10.3 Å². The van der Waals surface area contributed by atoms with Gasteiger partial charge in [0.2, 0.25) is 0 Å². The SMILES string of the molecule is Cc1cnc(Br)c(C2CNC2)c1. The molecule has 1 aliphatic heterocycles. The first-order valence-electron chi connectivity index (χ1n) is 4.10. The van der Waals surface area contributed by atoms with Crippen molar-refractivity contribution in [1.29, 1.82) is 0 Å². The Morgan fingerprint density at radius 2 is 2.33 bits per heavy atom. The quantitative estimate of drug-likeness (QED) is 0.740. The zero-order valence-electron chi connectivity index (χ0n) is 6.97. The highest BCUT2D eigenvalue weighted by molar-refractivity contribution is 9.10. The van der Waals surface area contributed by atoms with Gasteiger partial charge in [-0.3, -0.25) is 0 Å². The summed E-state index contributed by atoms with van der Waals surface area (Å²) in [7, 11) is 0. The number of hydrogen-bond acceptors (Lipinski definition) is 2. The van der Waals surface area contributed by atoms with Crippen molar-refractivity contribution in [3.05, 3.63) is 28.0 Å². The zero-order chi connectivity index (χ0) is 8.55. The van der Waals surface area contributed by atoms with Crippen LogP contribution in [-0.2, 0) is 0 Å². The van der Waals surface area contributed by atoms with Gasteiger partial charge in [0.1, 0.15) is 4.60 Å². The first-order chi connectivity index (χ1) is 5.77. The molecule has 0 unspecified atom stereocenters. The van der Waals surface area contributed by atoms with Crippen LogP contribution in [0.5, 0.6) is 0 Å². The van der Waals surface area contributed by atoms with Gasteiger partial charge in [0.05, 0.1) is 0 Å². The fourth-order valence-electron chi connectivity index (χ4n) is 1.37. The van der Waals surface area contributed by atoms with Crippen LogP contribution in [0.1, 0.15) is 17.0 Å². The summed E-state index contributed by atoms with van der Waals surface area (Å²) in [5, 5.41) is 3.26. The van der Waals surface area contributed by atoms with Crippen molar-refractivity contribution in [2.75, 3.05) is 13.1 Å². The molecule has 3 heteroatoms. The Kier molecular flexibility index (Phi) is 2.15. The minimum atomic E-state index is 0.659. The number of rotatable bonds is 1. The number of nitrogens with zero attached hydrogens (tertiary/aromatic N) is 1. The lowest BCUT2D eigenvalue weighted by Gasteiger charge is -2.28. The van der Waals surface area contributed by atoms with E-state index in [0.29, 0.717) is 5.92 Å². The molecule has 1 aromatic rings. The van der Waals surface area contributed by atoms with Gasteiger partial charge in [0.15, 0.2) is 0 Å². The van der Waals surface area contributed by atoms with Crippen LogP contribution in [-0.4, -0.2) is 18.1 Å². The largest absolute Gasteiger partial charge is 0.315 e. The van der Waals surface area contributed by atoms with E-state index in [1.807, 2.05) is 6.20 Å². The molecule has 0 spiro atoms. The maximum Gasteiger partial charge on any atom is 0.109 e. The van der Waals surface area contributed by atoms with Crippen molar-refractivity contribution in [2.24, 2.45) is 0 Å². The van der Waals surface area contributed by atoms with Gasteiger partial charge < -0.3 is 5.32 Å². The number of hydrogen-bond donors (Lipinski definition) is 1. The molecule has 0 saturated carbocycles. The highest BCUT2D eigenvalue weighted by Crippen LogP contribution is 2.26. The van der Waals surface area contributed by atoms with Crippen molar-refractivity contribution in [3.8, 4) is 0 Å². The zero-order valence-corrected chi connectivity index (χ0v) is 8.56. The number of nitrogens with one attached hydrogen (secondary N) is 1. The van der Waals surface area contributed by atoms with E-state index in [-0.39, 0.29) is 0 Å². The summed E-state index contributed by atoms with van der Waals surface area (Å²) >= 11 is 3.47. The molecule has 0 atom stereocenters. The number of halogens is 1. The van der Waals surface area contributed by atoms with Gasteiger partial charge >= 0.3 is 0 Å². The van der Waals surface area contributed by atoms with E-state index < -0.39 is 0 Å². The molecule has 1 saturated heterocycles. The van der Waals surface area contributed by atoms with E-state index in [9.17, 15) is 0 Å². The molecule has 0 amide bonds. The van der Waals surface area contributed by atoms with E-state index in [4.69, 9.17) is 0 Å². The Morgan fingerprint density at radius 3 is 2.92 bits per heavy atom. The average Bonchev–Trinajstić information content (AvgIpc) is 1.93. The van der Waals surface area contributed by atoms with Crippen LogP contribution in [0.2, 0.25) is 0 Å². The van der Waals surface area contributed by atoms with Crippen LogP contribution in [0.25, 0.3) is 0 Å². The summed E-state index contributed by atoms with van der Waals surface area (Å²) in [4.78, 5) is 4.27. The van der Waals surface area contributed by atoms with Crippen LogP contribution in [0.4, 0.5) is 0 Å². The Balaban J connectivity index is 2.34. The highest BCUT2D eigenvalue weighted by atomic mass is 79.9. The maximum absolute atomic E-state index is 4.27. The fourth-order valence-corrected chi connectivity index (χ4v) is 1.91. The van der Waals surface area contributed by atoms with Gasteiger partial charge in [-0.15, -0.1) is 0 Å². The molecule has 0 aromatic carbocycles. The Labute approximate surface area is 80.5 Å². The topological polar surface area (TPSA) is 24.9 Å². The predicted molar refractivity (Wildman–Crippen MR) is 52.3 cm³/mol. The lowest BCUT2D eigenvalue weighted by molar-refractivity contribution is 0.445. The minimum Gasteiger partial charge on any atom is -0.315 e. The predicted octanol–water partition coefficient (Wildman–Crippen LogP) is 1.84. The Hall–Kier alpha value is -0.410. The summed E-state index contributed by atoms with van der Waals surface area (Å²) < 4.78 is 1.000. The second-order valence-electron chi connectivity index (χ2n) is 3.25. The summed E-state index contributed by atoms with van der Waals surface area (Å²) in [6, 6.07) is 2.21. The first kappa shape index (κ1) is 8.20. The molecular weight excluding hydrogens is 216 g/mol. The molecule has 2 heterocycles. The summed E-state index contributed by atoms with van der Waals surface area (Å²) in [5.41, 5.74) is 2.58. The van der Waals surface area contributed by atoms with Crippen molar-refractivity contribution in [2.45, 2.75) is 12.8 Å². The van der Waals surface area contributed by atoms with Gasteiger partial charge in [-0.2, -0.15) is 0 Å².